The molecule has 8 heteroatoms. The number of hydrogen-bond donors (Lipinski definition) is 0. The second-order valence-electron chi connectivity index (χ2n) is 3.07. The molecule has 1 saturated heterocycles. The molecule has 2 unspecified atom stereocenters. The molecule has 1 aliphatic heterocycles. The molecule has 0 radical (unpaired) electrons. The molecule has 1 fully saturated rings. The van der Waals surface area contributed by atoms with E-state index in [1.807, 2.05) is 0 Å². The van der Waals surface area contributed by atoms with Gasteiger partial charge in [-0.05, 0) is 0 Å². The number of halogens is 6. The van der Waals surface area contributed by atoms with E-state index >= 15 is 0 Å². The van der Waals surface area contributed by atoms with Crippen LogP contribution in [0.4, 0.5) is 26.3 Å². The van der Waals surface area contributed by atoms with Crippen LogP contribution in [0.2, 0.25) is 0 Å². The summed E-state index contributed by atoms with van der Waals surface area (Å²) in [6.45, 7) is 0.611. The van der Waals surface area contributed by atoms with E-state index in [1.165, 1.54) is 0 Å². The number of hydrogen-bond acceptors (Lipinski definition) is 2. The summed E-state index contributed by atoms with van der Waals surface area (Å²) in [5.74, 6) is -7.01. The Bertz CT molecular complexity index is 229. The summed E-state index contributed by atoms with van der Waals surface area (Å²) >= 11 is 0. The smallest absolute Gasteiger partial charge is 0.274 e. The Kier molecular flexibility index (Phi) is 2.10. The van der Waals surface area contributed by atoms with Crippen molar-refractivity contribution in [3.8, 4) is 0 Å². The SMILES string of the molecule is CC1(F)OC(F)(C(F)(F)F)OC1(C)F. The Balaban J connectivity index is 3.03. The third-order valence-electron chi connectivity index (χ3n) is 1.78. The van der Waals surface area contributed by atoms with Crippen LogP contribution in [0.25, 0.3) is 0 Å². The van der Waals surface area contributed by atoms with E-state index in [4.69, 9.17) is 0 Å². The number of rotatable bonds is 0. The van der Waals surface area contributed by atoms with Crippen molar-refractivity contribution >= 4 is 0 Å². The maximum Gasteiger partial charge on any atom is 0.478 e. The van der Waals surface area contributed by atoms with Crippen LogP contribution in [-0.2, 0) is 9.47 Å². The van der Waals surface area contributed by atoms with Crippen molar-refractivity contribution < 1.29 is 35.8 Å². The van der Waals surface area contributed by atoms with E-state index in [-0.39, 0.29) is 0 Å². The van der Waals surface area contributed by atoms with Crippen LogP contribution in [0.5, 0.6) is 0 Å². The van der Waals surface area contributed by atoms with Gasteiger partial charge in [0, 0.05) is 13.8 Å². The van der Waals surface area contributed by atoms with Gasteiger partial charge in [-0.25, -0.2) is 8.78 Å². The van der Waals surface area contributed by atoms with Crippen molar-refractivity contribution in [2.75, 3.05) is 0 Å². The molecule has 0 aliphatic carbocycles. The van der Waals surface area contributed by atoms with E-state index in [2.05, 4.69) is 9.47 Å². The zero-order valence-electron chi connectivity index (χ0n) is 7.08. The lowest BCUT2D eigenvalue weighted by Crippen LogP contribution is -2.43. The summed E-state index contributed by atoms with van der Waals surface area (Å²) in [5.41, 5.74) is 0. The second-order valence-corrected chi connectivity index (χ2v) is 3.07. The molecule has 2 nitrogen and oxygen atoms in total. The van der Waals surface area contributed by atoms with E-state index < -0.39 is 23.9 Å². The fourth-order valence-corrected chi connectivity index (χ4v) is 0.812. The van der Waals surface area contributed by atoms with Gasteiger partial charge in [0.25, 0.3) is 11.7 Å². The van der Waals surface area contributed by atoms with Gasteiger partial charge in [0.05, 0.1) is 0 Å². The molecule has 2 atom stereocenters. The standard InChI is InChI=1S/C6H6F6O2/c1-3(7)4(2,8)14-6(12,13-3)5(9,10)11/h1-2H3. The number of alkyl halides is 6. The molecule has 1 heterocycles. The predicted molar refractivity (Wildman–Crippen MR) is 31.1 cm³/mol. The van der Waals surface area contributed by atoms with E-state index in [1.54, 1.807) is 0 Å². The van der Waals surface area contributed by atoms with Gasteiger partial charge in [-0.15, -0.1) is 0 Å². The van der Waals surface area contributed by atoms with Gasteiger partial charge in [0.1, 0.15) is 0 Å². The number of ether oxygens (including phenoxy) is 2. The third-order valence-corrected chi connectivity index (χ3v) is 1.78. The molecule has 0 aromatic carbocycles. The zero-order valence-corrected chi connectivity index (χ0v) is 7.08. The molecule has 1 rings (SSSR count). The molecule has 0 N–H and O–H groups in total. The topological polar surface area (TPSA) is 18.5 Å². The average molecular weight is 224 g/mol. The van der Waals surface area contributed by atoms with E-state index in [0.29, 0.717) is 13.8 Å². The van der Waals surface area contributed by atoms with E-state index in [0.717, 1.165) is 0 Å². The molecule has 84 valence electrons. The Morgan fingerprint density at radius 1 is 0.857 bits per heavy atom. The van der Waals surface area contributed by atoms with Crippen LogP contribution in [0.3, 0.4) is 0 Å². The molecular weight excluding hydrogens is 218 g/mol. The van der Waals surface area contributed by atoms with Crippen molar-refractivity contribution in [3.63, 3.8) is 0 Å². The molecule has 0 spiro atoms. The summed E-state index contributed by atoms with van der Waals surface area (Å²) in [6.07, 6.45) is -5.66. The van der Waals surface area contributed by atoms with Crippen LogP contribution < -0.4 is 0 Å². The third kappa shape index (κ3) is 1.46. The maximum absolute atomic E-state index is 13.0. The van der Waals surface area contributed by atoms with Gasteiger partial charge in [0.15, 0.2) is 0 Å². The first kappa shape index (κ1) is 11.6. The first-order chi connectivity index (χ1) is 5.91. The molecular formula is C6H6F6O2. The predicted octanol–water partition coefficient (Wildman–Crippen LogP) is 2.59. The molecule has 14 heavy (non-hydrogen) atoms. The van der Waals surface area contributed by atoms with Crippen molar-refractivity contribution in [3.05, 3.63) is 0 Å². The fraction of sp³-hybridized carbons (Fsp3) is 1.00. The lowest BCUT2D eigenvalue weighted by Gasteiger charge is -2.20. The minimum Gasteiger partial charge on any atom is -0.274 e. The van der Waals surface area contributed by atoms with Gasteiger partial charge in [-0.1, -0.05) is 0 Å². The van der Waals surface area contributed by atoms with Crippen LogP contribution >= 0.6 is 0 Å². The maximum atomic E-state index is 13.0. The highest BCUT2D eigenvalue weighted by atomic mass is 19.4. The van der Waals surface area contributed by atoms with Gasteiger partial charge >= 0.3 is 12.2 Å². The molecule has 1 aliphatic rings. The van der Waals surface area contributed by atoms with Gasteiger partial charge in [0.2, 0.25) is 0 Å². The first-order valence-electron chi connectivity index (χ1n) is 3.45. The van der Waals surface area contributed by atoms with Crippen molar-refractivity contribution in [2.24, 2.45) is 0 Å². The molecule has 0 aromatic rings. The Labute approximate surface area is 74.8 Å². The van der Waals surface area contributed by atoms with Crippen LogP contribution in [0, 0.1) is 0 Å². The van der Waals surface area contributed by atoms with Crippen molar-refractivity contribution in [2.45, 2.75) is 37.8 Å². The zero-order chi connectivity index (χ0) is 11.4. The molecule has 0 aromatic heterocycles. The molecule has 0 bridgehead atoms. The lowest BCUT2D eigenvalue weighted by atomic mass is 10.2. The minimum absolute atomic E-state index is 0.306. The summed E-state index contributed by atoms with van der Waals surface area (Å²) in [7, 11) is 0. The second kappa shape index (κ2) is 2.54. The van der Waals surface area contributed by atoms with Crippen LogP contribution in [-0.4, -0.2) is 23.9 Å². The first-order valence-corrected chi connectivity index (χ1v) is 3.45. The summed E-state index contributed by atoms with van der Waals surface area (Å²) in [6, 6.07) is -4.75. The normalized spacial score (nSPS) is 49.7. The summed E-state index contributed by atoms with van der Waals surface area (Å²) < 4.78 is 80.8. The van der Waals surface area contributed by atoms with Gasteiger partial charge in [-0.2, -0.15) is 17.6 Å². The van der Waals surface area contributed by atoms with Crippen molar-refractivity contribution in [1.29, 1.82) is 0 Å². The minimum atomic E-state index is -5.66. The Hall–Kier alpha value is -0.500. The largest absolute Gasteiger partial charge is 0.478 e. The quantitative estimate of drug-likeness (QED) is 0.589. The monoisotopic (exact) mass is 224 g/mol. The lowest BCUT2D eigenvalue weighted by molar-refractivity contribution is -0.425. The van der Waals surface area contributed by atoms with Crippen LogP contribution in [0.1, 0.15) is 13.8 Å². The Morgan fingerprint density at radius 3 is 1.29 bits per heavy atom. The highest BCUT2D eigenvalue weighted by Crippen LogP contribution is 2.52. The highest BCUT2D eigenvalue weighted by molar-refractivity contribution is 4.90. The fourth-order valence-electron chi connectivity index (χ4n) is 0.812. The average Bonchev–Trinajstić information content (AvgIpc) is 1.95. The highest BCUT2D eigenvalue weighted by Gasteiger charge is 2.75. The van der Waals surface area contributed by atoms with Crippen molar-refractivity contribution in [1.82, 2.24) is 0 Å². The van der Waals surface area contributed by atoms with Gasteiger partial charge < -0.3 is 0 Å². The molecule has 0 amide bonds. The van der Waals surface area contributed by atoms with E-state index in [9.17, 15) is 26.3 Å². The van der Waals surface area contributed by atoms with Gasteiger partial charge in [-0.3, -0.25) is 9.47 Å². The Morgan fingerprint density at radius 2 is 1.14 bits per heavy atom. The summed E-state index contributed by atoms with van der Waals surface area (Å²) in [4.78, 5) is 0. The summed E-state index contributed by atoms with van der Waals surface area (Å²) in [5, 5.41) is 0. The molecule has 0 saturated carbocycles. The van der Waals surface area contributed by atoms with Crippen LogP contribution in [0.15, 0.2) is 0 Å².